The van der Waals surface area contributed by atoms with E-state index in [1.165, 1.54) is 19.5 Å². The summed E-state index contributed by atoms with van der Waals surface area (Å²) in [4.78, 5) is 8.87. The van der Waals surface area contributed by atoms with E-state index in [4.69, 9.17) is 10.5 Å². The van der Waals surface area contributed by atoms with Crippen LogP contribution in [-0.2, 0) is 6.61 Å². The van der Waals surface area contributed by atoms with E-state index in [-0.39, 0.29) is 6.17 Å². The molecule has 2 aromatic rings. The number of likely N-dealkylation sites (tertiary alicyclic amines) is 1. The predicted octanol–water partition coefficient (Wildman–Crippen LogP) is 4.77. The Morgan fingerprint density at radius 1 is 1.09 bits per heavy atom. The van der Waals surface area contributed by atoms with Gasteiger partial charge in [-0.3, -0.25) is 0 Å². The second kappa shape index (κ2) is 11.3. The Labute approximate surface area is 203 Å². The molecule has 0 amide bonds. The molecule has 0 spiro atoms. The molecule has 6 nitrogen and oxygen atoms in total. The number of benzene rings is 2. The number of nitrogens with two attached hydrogens (primary N) is 1. The van der Waals surface area contributed by atoms with Crippen LogP contribution in [0.5, 0.6) is 5.75 Å². The van der Waals surface area contributed by atoms with Crippen LogP contribution in [0.3, 0.4) is 0 Å². The van der Waals surface area contributed by atoms with Crippen LogP contribution in [0, 0.1) is 5.92 Å². The largest absolute Gasteiger partial charge is 0.489 e. The number of amidine groups is 1. The van der Waals surface area contributed by atoms with Gasteiger partial charge in [0, 0.05) is 18.0 Å². The Morgan fingerprint density at radius 2 is 1.82 bits per heavy atom. The van der Waals surface area contributed by atoms with Crippen molar-refractivity contribution in [1.29, 1.82) is 0 Å². The highest BCUT2D eigenvalue weighted by atomic mass is 16.5. The van der Waals surface area contributed by atoms with Crippen LogP contribution < -0.4 is 15.8 Å². The number of ether oxygens (including phenoxy) is 1. The zero-order valence-electron chi connectivity index (χ0n) is 20.6. The normalized spacial score (nSPS) is 19.1. The molecule has 0 aliphatic carbocycles. The first kappa shape index (κ1) is 23.9. The number of fused-ring (bicyclic) bond motifs is 1. The van der Waals surface area contributed by atoms with Gasteiger partial charge in [-0.15, -0.1) is 0 Å². The van der Waals surface area contributed by atoms with Gasteiger partial charge in [-0.1, -0.05) is 56.3 Å². The number of aliphatic imine (C=N–C) groups is 1. The number of rotatable bonds is 7. The Kier molecular flexibility index (Phi) is 7.91. The summed E-state index contributed by atoms with van der Waals surface area (Å²) in [6, 6.07) is 18.3. The highest BCUT2D eigenvalue weighted by molar-refractivity contribution is 6.05. The highest BCUT2D eigenvalue weighted by Gasteiger charge is 2.37. The average Bonchev–Trinajstić information content (AvgIpc) is 3.24. The molecule has 0 saturated carbocycles. The summed E-state index contributed by atoms with van der Waals surface area (Å²) in [5.74, 6) is 1.88. The van der Waals surface area contributed by atoms with E-state index in [1.54, 1.807) is 6.20 Å². The molecule has 3 heterocycles. The van der Waals surface area contributed by atoms with Crippen LogP contribution in [0.15, 0.2) is 77.7 Å². The van der Waals surface area contributed by atoms with E-state index in [1.807, 2.05) is 36.5 Å². The fourth-order valence-electron chi connectivity index (χ4n) is 4.49. The van der Waals surface area contributed by atoms with Crippen molar-refractivity contribution >= 4 is 11.5 Å². The van der Waals surface area contributed by atoms with Gasteiger partial charge in [0.25, 0.3) is 0 Å². The first-order chi connectivity index (χ1) is 16.6. The van der Waals surface area contributed by atoms with Crippen molar-refractivity contribution in [3.63, 3.8) is 0 Å². The smallest absolute Gasteiger partial charge is 0.149 e. The lowest BCUT2D eigenvalue weighted by Crippen LogP contribution is -2.42. The van der Waals surface area contributed by atoms with E-state index in [9.17, 15) is 0 Å². The molecule has 3 aliphatic heterocycles. The Hall–Kier alpha value is -3.25. The van der Waals surface area contributed by atoms with Crippen molar-refractivity contribution in [2.45, 2.75) is 45.9 Å². The fraction of sp³-hybridized carbons (Fsp3) is 0.393. The first-order valence-corrected chi connectivity index (χ1v) is 12.4. The maximum absolute atomic E-state index is 6.29. The molecular formula is C28H37N5O. The van der Waals surface area contributed by atoms with Crippen molar-refractivity contribution in [3.05, 3.63) is 83.8 Å². The third-order valence-electron chi connectivity index (χ3n) is 6.72. The van der Waals surface area contributed by atoms with Gasteiger partial charge in [0.1, 0.15) is 30.1 Å². The van der Waals surface area contributed by atoms with E-state index < -0.39 is 0 Å². The molecule has 34 heavy (non-hydrogen) atoms. The minimum absolute atomic E-state index is 0.175. The topological polar surface area (TPSA) is 66.1 Å². The molecule has 1 atom stereocenters. The lowest BCUT2D eigenvalue weighted by Gasteiger charge is -2.32. The summed E-state index contributed by atoms with van der Waals surface area (Å²) in [7, 11) is 2.14. The SMILES string of the molecule is CCC(CC)C1NC(c2cccc(OCc3ccccc3)c2)=C2C(N)=NC=CN21.CN1CCC1. The summed E-state index contributed by atoms with van der Waals surface area (Å²) < 4.78 is 6.03. The van der Waals surface area contributed by atoms with Gasteiger partial charge < -0.3 is 25.6 Å². The fourth-order valence-corrected chi connectivity index (χ4v) is 4.49. The molecule has 1 saturated heterocycles. The van der Waals surface area contributed by atoms with Crippen molar-refractivity contribution in [2.24, 2.45) is 16.6 Å². The Bertz CT molecular complexity index is 1040. The van der Waals surface area contributed by atoms with Crippen molar-refractivity contribution in [2.75, 3.05) is 20.1 Å². The zero-order chi connectivity index (χ0) is 23.9. The van der Waals surface area contributed by atoms with Crippen LogP contribution in [0.1, 0.15) is 44.2 Å². The van der Waals surface area contributed by atoms with Gasteiger partial charge in [-0.25, -0.2) is 4.99 Å². The number of nitrogens with one attached hydrogen (secondary N) is 1. The second-order valence-corrected chi connectivity index (χ2v) is 9.07. The van der Waals surface area contributed by atoms with Gasteiger partial charge in [-0.2, -0.15) is 0 Å². The maximum Gasteiger partial charge on any atom is 0.149 e. The van der Waals surface area contributed by atoms with Crippen LogP contribution in [0.4, 0.5) is 0 Å². The second-order valence-electron chi connectivity index (χ2n) is 9.07. The van der Waals surface area contributed by atoms with Gasteiger partial charge in [0.05, 0.1) is 5.70 Å². The molecule has 0 bridgehead atoms. The quantitative estimate of drug-likeness (QED) is 0.625. The van der Waals surface area contributed by atoms with Crippen molar-refractivity contribution < 1.29 is 4.74 Å². The molecule has 1 fully saturated rings. The van der Waals surface area contributed by atoms with Crippen LogP contribution in [0.2, 0.25) is 0 Å². The molecule has 0 radical (unpaired) electrons. The van der Waals surface area contributed by atoms with Gasteiger partial charge >= 0.3 is 0 Å². The van der Waals surface area contributed by atoms with E-state index in [2.05, 4.69) is 65.3 Å². The molecule has 3 N–H and O–H groups in total. The summed E-state index contributed by atoms with van der Waals surface area (Å²) in [5.41, 5.74) is 10.5. The lowest BCUT2D eigenvalue weighted by atomic mass is 9.99. The van der Waals surface area contributed by atoms with Crippen LogP contribution in [0.25, 0.3) is 5.70 Å². The van der Waals surface area contributed by atoms with E-state index in [0.29, 0.717) is 18.4 Å². The van der Waals surface area contributed by atoms with Gasteiger partial charge in [0.15, 0.2) is 0 Å². The summed E-state index contributed by atoms with van der Waals surface area (Å²) in [6.45, 7) is 7.64. The van der Waals surface area contributed by atoms with Crippen molar-refractivity contribution in [1.82, 2.24) is 15.1 Å². The maximum atomic E-state index is 6.29. The minimum atomic E-state index is 0.175. The lowest BCUT2D eigenvalue weighted by molar-refractivity contribution is 0.229. The van der Waals surface area contributed by atoms with Gasteiger partial charge in [-0.05, 0) is 63.0 Å². The molecule has 2 aromatic carbocycles. The highest BCUT2D eigenvalue weighted by Crippen LogP contribution is 2.35. The molecule has 5 rings (SSSR count). The van der Waals surface area contributed by atoms with Crippen LogP contribution in [-0.4, -0.2) is 41.9 Å². The molecule has 3 aliphatic rings. The molecule has 0 aromatic heterocycles. The zero-order valence-corrected chi connectivity index (χ0v) is 20.6. The van der Waals surface area contributed by atoms with Crippen LogP contribution >= 0.6 is 0 Å². The molecule has 1 unspecified atom stereocenters. The first-order valence-electron chi connectivity index (χ1n) is 12.4. The average molecular weight is 460 g/mol. The summed E-state index contributed by atoms with van der Waals surface area (Å²) >= 11 is 0. The molecular weight excluding hydrogens is 422 g/mol. The van der Waals surface area contributed by atoms with Gasteiger partial charge in [0.2, 0.25) is 0 Å². The third-order valence-corrected chi connectivity index (χ3v) is 6.72. The Morgan fingerprint density at radius 3 is 2.47 bits per heavy atom. The molecule has 6 heteroatoms. The minimum Gasteiger partial charge on any atom is -0.489 e. The van der Waals surface area contributed by atoms with Crippen molar-refractivity contribution in [3.8, 4) is 5.75 Å². The monoisotopic (exact) mass is 459 g/mol. The van der Waals surface area contributed by atoms with E-state index >= 15 is 0 Å². The number of hydrogen-bond acceptors (Lipinski definition) is 6. The number of hydrogen-bond donors (Lipinski definition) is 2. The Balaban J connectivity index is 0.000000486. The predicted molar refractivity (Wildman–Crippen MR) is 140 cm³/mol. The van der Waals surface area contributed by atoms with E-state index in [0.717, 1.165) is 41.1 Å². The molecule has 180 valence electrons. The third kappa shape index (κ3) is 5.45. The summed E-state index contributed by atoms with van der Waals surface area (Å²) in [5, 5.41) is 3.72. The summed E-state index contributed by atoms with van der Waals surface area (Å²) in [6.07, 6.45) is 7.57. The number of nitrogens with zero attached hydrogens (tertiary/aromatic N) is 3. The standard InChI is InChI=1S/C24H28N4O.C4H9N/c1-3-18(4-2)24-27-21(22-23(25)26-13-14-28(22)24)19-11-8-12-20(15-19)29-16-17-9-6-5-7-10-17;1-5-3-2-4-5/h5-15,18,24,27H,3-4,16H2,1-2H3,(H2,25,26);2-4H2,1H3.